The lowest BCUT2D eigenvalue weighted by molar-refractivity contribution is 0.0863. The van der Waals surface area contributed by atoms with Crippen molar-refractivity contribution >= 4 is 16.7 Å². The number of nitrogens with two attached hydrogens (primary N) is 1. The zero-order chi connectivity index (χ0) is 12.6. The Bertz CT molecular complexity index is 604. The van der Waals surface area contributed by atoms with E-state index in [9.17, 15) is 4.79 Å². The molecule has 1 aliphatic heterocycles. The molecule has 2 N–H and O–H groups in total. The number of ketones is 1. The molecule has 1 fully saturated rings. The van der Waals surface area contributed by atoms with Gasteiger partial charge in [-0.2, -0.15) is 0 Å². The topological polar surface area (TPSA) is 65.2 Å². The highest BCUT2D eigenvalue weighted by molar-refractivity contribution is 6.05. The molecule has 2 aromatic rings. The number of hydrogen-bond acceptors (Lipinski definition) is 4. The molecule has 0 bridgehead atoms. The molecule has 0 aliphatic carbocycles. The number of Topliss-reactive ketones (excluding diaryl/α,β-unsaturated/α-hetero) is 1. The Labute approximate surface area is 105 Å². The molecule has 1 saturated heterocycles. The van der Waals surface area contributed by atoms with E-state index in [4.69, 9.17) is 10.5 Å². The van der Waals surface area contributed by atoms with E-state index in [0.717, 1.165) is 10.9 Å². The Morgan fingerprint density at radius 3 is 3.06 bits per heavy atom. The van der Waals surface area contributed by atoms with E-state index in [0.29, 0.717) is 25.2 Å². The lowest BCUT2D eigenvalue weighted by Gasteiger charge is -2.19. The molecular weight excluding hydrogens is 228 g/mol. The summed E-state index contributed by atoms with van der Waals surface area (Å²) in [5.41, 5.74) is 6.63. The van der Waals surface area contributed by atoms with Crippen LogP contribution in [0.3, 0.4) is 0 Å². The zero-order valence-electron chi connectivity index (χ0n) is 9.93. The van der Waals surface area contributed by atoms with Gasteiger partial charge in [0, 0.05) is 23.8 Å². The van der Waals surface area contributed by atoms with E-state index in [1.54, 1.807) is 18.3 Å². The number of rotatable bonds is 2. The minimum Gasteiger partial charge on any atom is -0.379 e. The van der Waals surface area contributed by atoms with Crippen LogP contribution in [0, 0.1) is 0 Å². The first kappa shape index (κ1) is 11.3. The summed E-state index contributed by atoms with van der Waals surface area (Å²) in [6.45, 7) is 0.847. The quantitative estimate of drug-likeness (QED) is 0.811. The molecule has 0 spiro atoms. The second-order valence-corrected chi connectivity index (χ2v) is 4.70. The van der Waals surface area contributed by atoms with E-state index in [-0.39, 0.29) is 5.78 Å². The maximum absolute atomic E-state index is 12.4. The van der Waals surface area contributed by atoms with Crippen LogP contribution in [0.2, 0.25) is 0 Å². The van der Waals surface area contributed by atoms with Gasteiger partial charge < -0.3 is 10.5 Å². The summed E-state index contributed by atoms with van der Waals surface area (Å²) in [5, 5.41) is 1.02. The van der Waals surface area contributed by atoms with Gasteiger partial charge in [-0.15, -0.1) is 0 Å². The Balaban J connectivity index is 2.01. The maximum Gasteiger partial charge on any atom is 0.185 e. The highest BCUT2D eigenvalue weighted by atomic mass is 16.5. The van der Waals surface area contributed by atoms with Crippen LogP contribution in [0.5, 0.6) is 0 Å². The molecule has 1 aromatic heterocycles. The minimum atomic E-state index is -0.873. The van der Waals surface area contributed by atoms with Crippen LogP contribution in [0.15, 0.2) is 36.5 Å². The number of fused-ring (bicyclic) bond motifs is 1. The smallest absolute Gasteiger partial charge is 0.185 e. The molecule has 4 heteroatoms. The molecular formula is C14H14N2O2. The molecule has 1 atom stereocenters. The highest BCUT2D eigenvalue weighted by Crippen LogP contribution is 2.23. The summed E-state index contributed by atoms with van der Waals surface area (Å²) >= 11 is 0. The first-order valence-corrected chi connectivity index (χ1v) is 5.95. The molecule has 92 valence electrons. The SMILES string of the molecule is NC1(C(=O)c2ccc3cccnc3c2)CCOC1. The summed E-state index contributed by atoms with van der Waals surface area (Å²) in [7, 11) is 0. The number of ether oxygens (including phenoxy) is 1. The van der Waals surface area contributed by atoms with Gasteiger partial charge in [-0.1, -0.05) is 18.2 Å². The Morgan fingerprint density at radius 2 is 2.28 bits per heavy atom. The number of hydrogen-bond donors (Lipinski definition) is 1. The van der Waals surface area contributed by atoms with Gasteiger partial charge in [-0.25, -0.2) is 0 Å². The molecule has 1 aromatic carbocycles. The fraction of sp³-hybridized carbons (Fsp3) is 0.286. The minimum absolute atomic E-state index is 0.0625. The first-order valence-electron chi connectivity index (χ1n) is 5.95. The number of aromatic nitrogens is 1. The third-order valence-electron chi connectivity index (χ3n) is 3.37. The molecule has 3 rings (SSSR count). The summed E-state index contributed by atoms with van der Waals surface area (Å²) in [6.07, 6.45) is 2.29. The number of carbonyl (C=O) groups excluding carboxylic acids is 1. The van der Waals surface area contributed by atoms with Crippen molar-refractivity contribution < 1.29 is 9.53 Å². The monoisotopic (exact) mass is 242 g/mol. The van der Waals surface area contributed by atoms with E-state index in [1.807, 2.05) is 18.2 Å². The van der Waals surface area contributed by atoms with Crippen LogP contribution in [0.1, 0.15) is 16.8 Å². The predicted octanol–water partition coefficient (Wildman–Crippen LogP) is 1.54. The van der Waals surface area contributed by atoms with E-state index < -0.39 is 5.54 Å². The summed E-state index contributed by atoms with van der Waals surface area (Å²) in [5.74, 6) is -0.0625. The maximum atomic E-state index is 12.4. The third-order valence-corrected chi connectivity index (χ3v) is 3.37. The van der Waals surface area contributed by atoms with Crippen LogP contribution < -0.4 is 5.73 Å². The first-order chi connectivity index (χ1) is 8.69. The van der Waals surface area contributed by atoms with E-state index >= 15 is 0 Å². The van der Waals surface area contributed by atoms with Crippen LogP contribution in [0.4, 0.5) is 0 Å². The average Bonchev–Trinajstić information content (AvgIpc) is 2.85. The predicted molar refractivity (Wildman–Crippen MR) is 68.4 cm³/mol. The van der Waals surface area contributed by atoms with Crippen molar-refractivity contribution in [2.24, 2.45) is 5.73 Å². The van der Waals surface area contributed by atoms with Gasteiger partial charge in [-0.05, 0) is 18.6 Å². The summed E-state index contributed by atoms with van der Waals surface area (Å²) in [4.78, 5) is 16.6. The summed E-state index contributed by atoms with van der Waals surface area (Å²) < 4.78 is 5.23. The van der Waals surface area contributed by atoms with Crippen molar-refractivity contribution in [3.8, 4) is 0 Å². The Kier molecular flexibility index (Phi) is 2.61. The van der Waals surface area contributed by atoms with Gasteiger partial charge in [-0.3, -0.25) is 9.78 Å². The molecule has 0 amide bonds. The largest absolute Gasteiger partial charge is 0.379 e. The lowest BCUT2D eigenvalue weighted by Crippen LogP contribution is -2.48. The molecule has 1 aliphatic rings. The fourth-order valence-electron chi connectivity index (χ4n) is 2.25. The fourth-order valence-corrected chi connectivity index (χ4v) is 2.25. The van der Waals surface area contributed by atoms with Crippen molar-refractivity contribution in [1.29, 1.82) is 0 Å². The molecule has 4 nitrogen and oxygen atoms in total. The van der Waals surface area contributed by atoms with Crippen LogP contribution in [-0.4, -0.2) is 29.5 Å². The average molecular weight is 242 g/mol. The number of carbonyl (C=O) groups is 1. The second-order valence-electron chi connectivity index (χ2n) is 4.70. The third kappa shape index (κ3) is 1.79. The van der Waals surface area contributed by atoms with Crippen molar-refractivity contribution in [3.63, 3.8) is 0 Å². The Morgan fingerprint density at radius 1 is 1.39 bits per heavy atom. The Hall–Kier alpha value is -1.78. The molecule has 1 unspecified atom stereocenters. The normalized spacial score (nSPS) is 23.4. The van der Waals surface area contributed by atoms with Crippen LogP contribution in [0.25, 0.3) is 10.9 Å². The van der Waals surface area contributed by atoms with Gasteiger partial charge in [0.05, 0.1) is 12.1 Å². The number of benzene rings is 1. The van der Waals surface area contributed by atoms with Crippen molar-refractivity contribution in [2.45, 2.75) is 12.0 Å². The summed E-state index contributed by atoms with van der Waals surface area (Å²) in [6, 6.07) is 9.34. The van der Waals surface area contributed by atoms with E-state index in [1.165, 1.54) is 0 Å². The van der Waals surface area contributed by atoms with Gasteiger partial charge >= 0.3 is 0 Å². The van der Waals surface area contributed by atoms with Gasteiger partial charge in [0.15, 0.2) is 5.78 Å². The molecule has 18 heavy (non-hydrogen) atoms. The molecule has 0 radical (unpaired) electrons. The second kappa shape index (κ2) is 4.15. The van der Waals surface area contributed by atoms with Crippen molar-refractivity contribution in [1.82, 2.24) is 4.98 Å². The number of nitrogens with zero attached hydrogens (tertiary/aromatic N) is 1. The van der Waals surface area contributed by atoms with Crippen molar-refractivity contribution in [2.75, 3.05) is 13.2 Å². The van der Waals surface area contributed by atoms with Crippen molar-refractivity contribution in [3.05, 3.63) is 42.1 Å². The highest BCUT2D eigenvalue weighted by Gasteiger charge is 2.38. The van der Waals surface area contributed by atoms with Gasteiger partial charge in [0.25, 0.3) is 0 Å². The van der Waals surface area contributed by atoms with Gasteiger partial charge in [0.2, 0.25) is 0 Å². The standard InChI is InChI=1S/C14H14N2O2/c15-14(5-7-18-9-14)13(17)11-4-3-10-2-1-6-16-12(10)8-11/h1-4,6,8H,5,7,9,15H2. The lowest BCUT2D eigenvalue weighted by atomic mass is 9.89. The van der Waals surface area contributed by atoms with Crippen LogP contribution >= 0.6 is 0 Å². The number of pyridine rings is 1. The van der Waals surface area contributed by atoms with E-state index in [2.05, 4.69) is 4.98 Å². The van der Waals surface area contributed by atoms with Gasteiger partial charge in [0.1, 0.15) is 5.54 Å². The molecule has 0 saturated carbocycles. The van der Waals surface area contributed by atoms with Crippen LogP contribution in [-0.2, 0) is 4.74 Å². The molecule has 2 heterocycles. The zero-order valence-corrected chi connectivity index (χ0v) is 9.93.